The Morgan fingerprint density at radius 1 is 1.25 bits per heavy atom. The average molecular weight is 223 g/mol. The molecule has 0 heterocycles. The Morgan fingerprint density at radius 2 is 1.75 bits per heavy atom. The minimum Gasteiger partial charge on any atom is -0.478 e. The largest absolute Gasteiger partial charge is 0.478 e. The van der Waals surface area contributed by atoms with E-state index in [-0.39, 0.29) is 5.92 Å². The van der Waals surface area contributed by atoms with Gasteiger partial charge in [0.25, 0.3) is 0 Å². The monoisotopic (exact) mass is 223 g/mol. The number of nitrogens with one attached hydrogen (secondary N) is 1. The predicted molar refractivity (Wildman–Crippen MR) is 66.9 cm³/mol. The van der Waals surface area contributed by atoms with Gasteiger partial charge in [0.05, 0.1) is 0 Å². The zero-order valence-corrected chi connectivity index (χ0v) is 10.7. The Balaban J connectivity index is 5.12. The lowest BCUT2D eigenvalue weighted by molar-refractivity contribution is -0.132. The highest BCUT2D eigenvalue weighted by molar-refractivity contribution is 5.86. The van der Waals surface area contributed by atoms with Gasteiger partial charge < -0.3 is 10.5 Å². The Kier molecular flexibility index (Phi) is 5.72. The number of rotatable bonds is 5. The van der Waals surface area contributed by atoms with Gasteiger partial charge in [-0.1, -0.05) is 32.4 Å². The second-order valence-electron chi connectivity index (χ2n) is 4.38. The van der Waals surface area contributed by atoms with E-state index in [1.165, 1.54) is 6.21 Å². The van der Waals surface area contributed by atoms with Crippen LogP contribution in [-0.2, 0) is 4.79 Å². The molecular weight excluding hydrogens is 202 g/mol. The lowest BCUT2D eigenvalue weighted by Gasteiger charge is -2.15. The highest BCUT2D eigenvalue weighted by atomic mass is 16.4. The molecule has 0 aliphatic rings. The number of carbonyl (C=O) groups is 1. The smallest absolute Gasteiger partial charge is 0.330 e. The van der Waals surface area contributed by atoms with E-state index in [1.807, 2.05) is 27.7 Å². The van der Waals surface area contributed by atoms with Crippen LogP contribution in [0.1, 0.15) is 34.6 Å². The predicted octanol–water partition coefficient (Wildman–Crippen LogP) is 3.28. The maximum absolute atomic E-state index is 10.7. The lowest BCUT2D eigenvalue weighted by atomic mass is 9.90. The van der Waals surface area contributed by atoms with Crippen LogP contribution in [-0.4, -0.2) is 17.3 Å². The third-order valence-electron chi connectivity index (χ3n) is 2.75. The summed E-state index contributed by atoms with van der Waals surface area (Å²) < 4.78 is 0. The van der Waals surface area contributed by atoms with Crippen molar-refractivity contribution in [3.8, 4) is 0 Å². The topological polar surface area (TPSA) is 61.2 Å². The van der Waals surface area contributed by atoms with Crippen molar-refractivity contribution in [2.75, 3.05) is 0 Å². The first-order chi connectivity index (χ1) is 7.31. The van der Waals surface area contributed by atoms with Gasteiger partial charge >= 0.3 is 5.97 Å². The minimum absolute atomic E-state index is 0.0510. The van der Waals surface area contributed by atoms with Crippen molar-refractivity contribution in [2.45, 2.75) is 34.6 Å². The van der Waals surface area contributed by atoms with Crippen LogP contribution in [0.5, 0.6) is 0 Å². The molecule has 0 spiro atoms. The molecule has 0 aliphatic heterocycles. The van der Waals surface area contributed by atoms with Crippen molar-refractivity contribution in [1.82, 2.24) is 0 Å². The summed E-state index contributed by atoms with van der Waals surface area (Å²) in [4.78, 5) is 10.7. The number of allylic oxidation sites excluding steroid dienone is 3. The molecule has 0 amide bonds. The molecule has 0 radical (unpaired) electrons. The van der Waals surface area contributed by atoms with E-state index in [4.69, 9.17) is 10.5 Å². The molecule has 2 N–H and O–H groups in total. The van der Waals surface area contributed by atoms with Gasteiger partial charge in [0.2, 0.25) is 0 Å². The van der Waals surface area contributed by atoms with Crippen LogP contribution < -0.4 is 0 Å². The van der Waals surface area contributed by atoms with Crippen LogP contribution in [0.25, 0.3) is 0 Å². The summed E-state index contributed by atoms with van der Waals surface area (Å²) in [5.41, 5.74) is 2.38. The molecule has 0 aromatic heterocycles. The zero-order valence-electron chi connectivity index (χ0n) is 10.7. The highest BCUT2D eigenvalue weighted by Gasteiger charge is 2.11. The third-order valence-corrected chi connectivity index (χ3v) is 2.75. The summed E-state index contributed by atoms with van der Waals surface area (Å²) in [6.45, 7) is 9.56. The van der Waals surface area contributed by atoms with E-state index in [2.05, 4.69) is 0 Å². The highest BCUT2D eigenvalue weighted by Crippen LogP contribution is 2.21. The van der Waals surface area contributed by atoms with Gasteiger partial charge in [-0.3, -0.25) is 0 Å². The van der Waals surface area contributed by atoms with Gasteiger partial charge in [-0.15, -0.1) is 0 Å². The normalized spacial score (nSPS) is 15.8. The van der Waals surface area contributed by atoms with Crippen LogP contribution in [0.15, 0.2) is 22.8 Å². The first kappa shape index (κ1) is 14.6. The van der Waals surface area contributed by atoms with Crippen LogP contribution in [0, 0.1) is 17.2 Å². The summed E-state index contributed by atoms with van der Waals surface area (Å²) >= 11 is 0. The van der Waals surface area contributed by atoms with E-state index >= 15 is 0 Å². The summed E-state index contributed by atoms with van der Waals surface area (Å²) in [7, 11) is 0. The summed E-state index contributed by atoms with van der Waals surface area (Å²) in [5.74, 6) is -0.547. The molecule has 16 heavy (non-hydrogen) atoms. The number of carboxylic acid groups (broad SMARTS) is 1. The van der Waals surface area contributed by atoms with Crippen molar-refractivity contribution in [1.29, 1.82) is 5.41 Å². The van der Waals surface area contributed by atoms with E-state index in [0.29, 0.717) is 11.5 Å². The van der Waals surface area contributed by atoms with Crippen molar-refractivity contribution >= 4 is 12.2 Å². The molecule has 0 rings (SSSR count). The third kappa shape index (κ3) is 4.01. The average Bonchev–Trinajstić information content (AvgIpc) is 2.17. The van der Waals surface area contributed by atoms with Gasteiger partial charge in [-0.25, -0.2) is 4.79 Å². The van der Waals surface area contributed by atoms with Crippen molar-refractivity contribution in [3.05, 3.63) is 22.8 Å². The summed E-state index contributed by atoms with van der Waals surface area (Å²) in [6.07, 6.45) is 3.09. The standard InChI is InChI=1S/C13H21NO2/c1-8(2)12(7-14)11(5)9(3)6-10(4)13(15)16/h6-9,14H,1-5H3,(H,15,16)/b10-6+,12-11+,14-7?. The fraction of sp³-hybridized carbons (Fsp3) is 0.538. The van der Waals surface area contributed by atoms with Gasteiger partial charge in [0.15, 0.2) is 0 Å². The Hall–Kier alpha value is -1.38. The van der Waals surface area contributed by atoms with Crippen LogP contribution in [0.3, 0.4) is 0 Å². The summed E-state index contributed by atoms with van der Waals surface area (Å²) in [5, 5.41) is 16.1. The zero-order chi connectivity index (χ0) is 12.9. The molecule has 0 aliphatic carbocycles. The van der Waals surface area contributed by atoms with Gasteiger partial charge in [0.1, 0.15) is 0 Å². The van der Waals surface area contributed by atoms with E-state index < -0.39 is 5.97 Å². The molecule has 0 fully saturated rings. The molecule has 90 valence electrons. The fourth-order valence-electron chi connectivity index (χ4n) is 1.57. The molecule has 0 saturated carbocycles. The maximum atomic E-state index is 10.7. The molecule has 1 atom stereocenters. The van der Waals surface area contributed by atoms with Crippen LogP contribution in [0.4, 0.5) is 0 Å². The minimum atomic E-state index is -0.888. The fourth-order valence-corrected chi connectivity index (χ4v) is 1.57. The quantitative estimate of drug-likeness (QED) is 0.555. The second kappa shape index (κ2) is 6.26. The lowest BCUT2D eigenvalue weighted by Crippen LogP contribution is -2.06. The molecule has 0 saturated heterocycles. The van der Waals surface area contributed by atoms with Crippen molar-refractivity contribution < 1.29 is 9.90 Å². The number of hydrogen-bond donors (Lipinski definition) is 2. The summed E-state index contributed by atoms with van der Waals surface area (Å²) in [6, 6.07) is 0. The maximum Gasteiger partial charge on any atom is 0.330 e. The van der Waals surface area contributed by atoms with E-state index in [1.54, 1.807) is 13.0 Å². The Morgan fingerprint density at radius 3 is 2.06 bits per heavy atom. The van der Waals surface area contributed by atoms with Crippen LogP contribution >= 0.6 is 0 Å². The van der Waals surface area contributed by atoms with Gasteiger partial charge in [0, 0.05) is 11.8 Å². The molecule has 1 unspecified atom stereocenters. The number of aliphatic carboxylic acids is 1. The van der Waals surface area contributed by atoms with Gasteiger partial charge in [-0.2, -0.15) is 0 Å². The number of hydrogen-bond acceptors (Lipinski definition) is 2. The van der Waals surface area contributed by atoms with Gasteiger partial charge in [-0.05, 0) is 31.3 Å². The van der Waals surface area contributed by atoms with Crippen molar-refractivity contribution in [3.63, 3.8) is 0 Å². The van der Waals surface area contributed by atoms with E-state index in [0.717, 1.165) is 11.1 Å². The first-order valence-electron chi connectivity index (χ1n) is 5.44. The molecule has 0 aromatic carbocycles. The second-order valence-corrected chi connectivity index (χ2v) is 4.38. The molecule has 0 aromatic rings. The first-order valence-corrected chi connectivity index (χ1v) is 5.44. The number of carboxylic acids is 1. The Labute approximate surface area is 97.4 Å². The molecule has 0 bridgehead atoms. The molecule has 3 heteroatoms. The Bertz CT molecular complexity index is 338. The molecular formula is C13H21NO2. The molecule has 3 nitrogen and oxygen atoms in total. The SMILES string of the molecule is C/C(=C(/C=N)C(C)C)C(C)/C=C(\C)C(=O)O. The van der Waals surface area contributed by atoms with E-state index in [9.17, 15) is 4.79 Å². The van der Waals surface area contributed by atoms with Crippen LogP contribution in [0.2, 0.25) is 0 Å². The van der Waals surface area contributed by atoms with Crippen molar-refractivity contribution in [2.24, 2.45) is 11.8 Å².